The summed E-state index contributed by atoms with van der Waals surface area (Å²) in [6, 6.07) is 13.8. The zero-order valence-electron chi connectivity index (χ0n) is 12.2. The molecule has 0 aliphatic rings. The predicted molar refractivity (Wildman–Crippen MR) is 91.8 cm³/mol. The highest BCUT2D eigenvalue weighted by atomic mass is 79.9. The van der Waals surface area contributed by atoms with Crippen LogP contribution in [0.2, 0.25) is 0 Å². The highest BCUT2D eigenvalue weighted by Gasteiger charge is 2.05. The van der Waals surface area contributed by atoms with Crippen LogP contribution >= 0.6 is 15.9 Å². The molecular formula is C17H19BrN2O. The Morgan fingerprint density at radius 1 is 1.19 bits per heavy atom. The number of carbonyl (C=O) groups is 1. The van der Waals surface area contributed by atoms with E-state index in [1.165, 1.54) is 5.56 Å². The maximum atomic E-state index is 12.0. The minimum absolute atomic E-state index is 0.0531. The molecule has 4 heteroatoms. The zero-order chi connectivity index (χ0) is 15.2. The van der Waals surface area contributed by atoms with Gasteiger partial charge in [-0.3, -0.25) is 4.79 Å². The molecule has 2 rings (SSSR count). The molecule has 0 aliphatic carbocycles. The average Bonchev–Trinajstić information content (AvgIpc) is 2.49. The number of hydrogen-bond acceptors (Lipinski definition) is 2. The zero-order valence-corrected chi connectivity index (χ0v) is 13.8. The van der Waals surface area contributed by atoms with Crippen LogP contribution in [0.1, 0.15) is 18.1 Å². The Kier molecular flexibility index (Phi) is 5.39. The molecule has 0 fully saturated rings. The molecule has 0 atom stereocenters. The molecule has 0 saturated heterocycles. The summed E-state index contributed by atoms with van der Waals surface area (Å²) in [6.45, 7) is 4.35. The molecule has 110 valence electrons. The van der Waals surface area contributed by atoms with Gasteiger partial charge in [-0.25, -0.2) is 0 Å². The number of para-hydroxylation sites is 1. The fraction of sp³-hybridized carbons (Fsp3) is 0.235. The van der Waals surface area contributed by atoms with E-state index in [2.05, 4.69) is 39.6 Å². The van der Waals surface area contributed by atoms with Crippen molar-refractivity contribution in [2.24, 2.45) is 0 Å². The van der Waals surface area contributed by atoms with E-state index in [0.717, 1.165) is 27.8 Å². The van der Waals surface area contributed by atoms with Crippen LogP contribution in [0.15, 0.2) is 46.9 Å². The summed E-state index contributed by atoms with van der Waals surface area (Å²) >= 11 is 3.45. The van der Waals surface area contributed by atoms with Gasteiger partial charge in [0.25, 0.3) is 0 Å². The highest BCUT2D eigenvalue weighted by molar-refractivity contribution is 9.10. The van der Waals surface area contributed by atoms with Crippen molar-refractivity contribution in [1.29, 1.82) is 0 Å². The molecule has 2 aromatic carbocycles. The molecule has 1 amide bonds. The fourth-order valence-electron chi connectivity index (χ4n) is 2.10. The van der Waals surface area contributed by atoms with Gasteiger partial charge in [0.2, 0.25) is 5.91 Å². The van der Waals surface area contributed by atoms with Gasteiger partial charge < -0.3 is 10.6 Å². The second kappa shape index (κ2) is 7.27. The predicted octanol–water partition coefficient (Wildman–Crippen LogP) is 4.37. The summed E-state index contributed by atoms with van der Waals surface area (Å²) in [5.74, 6) is -0.0531. The van der Waals surface area contributed by atoms with Crippen molar-refractivity contribution in [3.8, 4) is 0 Å². The first kappa shape index (κ1) is 15.6. The second-order valence-electron chi connectivity index (χ2n) is 4.88. The minimum Gasteiger partial charge on any atom is -0.376 e. The van der Waals surface area contributed by atoms with Crippen LogP contribution in [0, 0.1) is 6.92 Å². The molecule has 0 unspecified atom stereocenters. The summed E-state index contributed by atoms with van der Waals surface area (Å²) in [5, 5.41) is 6.08. The van der Waals surface area contributed by atoms with Crippen LogP contribution in [0.5, 0.6) is 0 Å². The van der Waals surface area contributed by atoms with Crippen molar-refractivity contribution < 1.29 is 4.79 Å². The van der Waals surface area contributed by atoms with Gasteiger partial charge in [-0.2, -0.15) is 0 Å². The molecule has 0 bridgehead atoms. The number of rotatable bonds is 5. The van der Waals surface area contributed by atoms with E-state index in [9.17, 15) is 4.79 Å². The fourth-order valence-corrected chi connectivity index (χ4v) is 2.35. The summed E-state index contributed by atoms with van der Waals surface area (Å²) in [4.78, 5) is 12.0. The number of nitrogens with one attached hydrogen (secondary N) is 2. The average molecular weight is 347 g/mol. The van der Waals surface area contributed by atoms with Crippen molar-refractivity contribution in [3.05, 3.63) is 58.1 Å². The lowest BCUT2D eigenvalue weighted by Crippen LogP contribution is -2.22. The summed E-state index contributed by atoms with van der Waals surface area (Å²) in [5.41, 5.74) is 4.13. The van der Waals surface area contributed by atoms with Gasteiger partial charge in [-0.05, 0) is 48.7 Å². The topological polar surface area (TPSA) is 41.1 Å². The van der Waals surface area contributed by atoms with Crippen LogP contribution < -0.4 is 10.6 Å². The SMILES string of the molecule is CCc1ccccc1NCC(=O)Nc1ccc(Br)c(C)c1. The largest absolute Gasteiger partial charge is 0.376 e. The van der Waals surface area contributed by atoms with Gasteiger partial charge in [-0.15, -0.1) is 0 Å². The maximum absolute atomic E-state index is 12.0. The lowest BCUT2D eigenvalue weighted by atomic mass is 10.1. The molecular weight excluding hydrogens is 328 g/mol. The minimum atomic E-state index is -0.0531. The number of benzene rings is 2. The highest BCUT2D eigenvalue weighted by Crippen LogP contribution is 2.20. The van der Waals surface area contributed by atoms with Crippen molar-refractivity contribution in [3.63, 3.8) is 0 Å². The number of hydrogen-bond donors (Lipinski definition) is 2. The van der Waals surface area contributed by atoms with E-state index in [0.29, 0.717) is 0 Å². The van der Waals surface area contributed by atoms with E-state index >= 15 is 0 Å². The third-order valence-electron chi connectivity index (χ3n) is 3.28. The Balaban J connectivity index is 1.94. The Morgan fingerprint density at radius 2 is 1.95 bits per heavy atom. The van der Waals surface area contributed by atoms with Gasteiger partial charge in [0.1, 0.15) is 0 Å². The van der Waals surface area contributed by atoms with E-state index in [1.54, 1.807) is 0 Å². The van der Waals surface area contributed by atoms with Crippen LogP contribution in [0.25, 0.3) is 0 Å². The van der Waals surface area contributed by atoms with Gasteiger partial charge in [-0.1, -0.05) is 41.1 Å². The number of amides is 1. The third-order valence-corrected chi connectivity index (χ3v) is 4.17. The quantitative estimate of drug-likeness (QED) is 0.843. The summed E-state index contributed by atoms with van der Waals surface area (Å²) in [7, 11) is 0. The maximum Gasteiger partial charge on any atom is 0.243 e. The molecule has 0 radical (unpaired) electrons. The first-order valence-corrected chi connectivity index (χ1v) is 7.77. The van der Waals surface area contributed by atoms with Crippen LogP contribution in [-0.4, -0.2) is 12.5 Å². The molecule has 0 spiro atoms. The van der Waals surface area contributed by atoms with Crippen LogP contribution in [0.3, 0.4) is 0 Å². The molecule has 21 heavy (non-hydrogen) atoms. The van der Waals surface area contributed by atoms with Crippen molar-refractivity contribution in [2.45, 2.75) is 20.3 Å². The second-order valence-corrected chi connectivity index (χ2v) is 5.73. The Labute approximate surface area is 133 Å². The first-order chi connectivity index (χ1) is 10.1. The van der Waals surface area contributed by atoms with Gasteiger partial charge >= 0.3 is 0 Å². The molecule has 0 heterocycles. The smallest absolute Gasteiger partial charge is 0.243 e. The van der Waals surface area contributed by atoms with E-state index in [-0.39, 0.29) is 12.5 Å². The van der Waals surface area contributed by atoms with Crippen LogP contribution in [0.4, 0.5) is 11.4 Å². The van der Waals surface area contributed by atoms with Gasteiger partial charge in [0, 0.05) is 15.8 Å². The lowest BCUT2D eigenvalue weighted by Gasteiger charge is -2.11. The molecule has 2 N–H and O–H groups in total. The third kappa shape index (κ3) is 4.33. The normalized spacial score (nSPS) is 10.2. The molecule has 2 aromatic rings. The first-order valence-electron chi connectivity index (χ1n) is 6.98. The number of carbonyl (C=O) groups excluding carboxylic acids is 1. The Hall–Kier alpha value is -1.81. The van der Waals surface area contributed by atoms with Crippen molar-refractivity contribution in [1.82, 2.24) is 0 Å². The number of aryl methyl sites for hydroxylation is 2. The summed E-state index contributed by atoms with van der Waals surface area (Å²) in [6.07, 6.45) is 0.941. The number of anilines is 2. The Morgan fingerprint density at radius 3 is 2.67 bits per heavy atom. The molecule has 0 aromatic heterocycles. The van der Waals surface area contributed by atoms with Crippen molar-refractivity contribution in [2.75, 3.05) is 17.2 Å². The summed E-state index contributed by atoms with van der Waals surface area (Å²) < 4.78 is 1.04. The molecule has 0 saturated carbocycles. The van der Waals surface area contributed by atoms with E-state index in [4.69, 9.17) is 0 Å². The molecule has 0 aliphatic heterocycles. The van der Waals surface area contributed by atoms with Crippen LogP contribution in [-0.2, 0) is 11.2 Å². The van der Waals surface area contributed by atoms with Gasteiger partial charge in [0.05, 0.1) is 6.54 Å². The van der Waals surface area contributed by atoms with E-state index < -0.39 is 0 Å². The van der Waals surface area contributed by atoms with Gasteiger partial charge in [0.15, 0.2) is 0 Å². The van der Waals surface area contributed by atoms with Crippen molar-refractivity contribution >= 4 is 33.2 Å². The standard InChI is InChI=1S/C17H19BrN2O/c1-3-13-6-4-5-7-16(13)19-11-17(21)20-14-8-9-15(18)12(2)10-14/h4-10,19H,3,11H2,1-2H3,(H,20,21). The number of halogens is 1. The lowest BCUT2D eigenvalue weighted by molar-refractivity contribution is -0.114. The molecule has 3 nitrogen and oxygen atoms in total. The Bertz CT molecular complexity index is 640. The van der Waals surface area contributed by atoms with E-state index in [1.807, 2.05) is 43.3 Å². The monoisotopic (exact) mass is 346 g/mol.